The van der Waals surface area contributed by atoms with Gasteiger partial charge in [0.25, 0.3) is 0 Å². The number of fused-ring (bicyclic) bond motifs is 1. The van der Waals surface area contributed by atoms with Gasteiger partial charge in [-0.05, 0) is 23.8 Å². The van der Waals surface area contributed by atoms with E-state index in [0.29, 0.717) is 24.5 Å². The van der Waals surface area contributed by atoms with Crippen molar-refractivity contribution in [2.24, 2.45) is 0 Å². The fraction of sp³-hybridized carbons (Fsp3) is 0.286. The van der Waals surface area contributed by atoms with Gasteiger partial charge in [0, 0.05) is 37.2 Å². The molecule has 1 fully saturated rings. The highest BCUT2D eigenvalue weighted by atomic mass is 16.5. The molecule has 134 valence electrons. The Balaban J connectivity index is 1.36. The van der Waals surface area contributed by atoms with Gasteiger partial charge in [-0.25, -0.2) is 4.79 Å². The largest absolute Gasteiger partial charge is 0.491 e. The molecular weight excluding hydrogens is 330 g/mol. The minimum Gasteiger partial charge on any atom is -0.491 e. The van der Waals surface area contributed by atoms with Crippen molar-refractivity contribution in [1.29, 1.82) is 0 Å². The highest BCUT2D eigenvalue weighted by Gasteiger charge is 2.21. The summed E-state index contributed by atoms with van der Waals surface area (Å²) < 4.78 is 16.9. The predicted molar refractivity (Wildman–Crippen MR) is 99.4 cm³/mol. The first kappa shape index (κ1) is 16.8. The van der Waals surface area contributed by atoms with Crippen LogP contribution in [0.5, 0.6) is 5.75 Å². The van der Waals surface area contributed by atoms with E-state index in [1.165, 1.54) is 11.6 Å². The van der Waals surface area contributed by atoms with E-state index < -0.39 is 0 Å². The maximum absolute atomic E-state index is 11.4. The van der Waals surface area contributed by atoms with Gasteiger partial charge in [0.1, 0.15) is 24.0 Å². The molecule has 1 atom stereocenters. The van der Waals surface area contributed by atoms with E-state index >= 15 is 0 Å². The molecule has 1 aromatic heterocycles. The molecule has 1 aliphatic rings. The zero-order valence-corrected chi connectivity index (χ0v) is 14.5. The van der Waals surface area contributed by atoms with E-state index in [1.54, 1.807) is 12.1 Å². The molecule has 1 saturated heterocycles. The van der Waals surface area contributed by atoms with Crippen molar-refractivity contribution in [3.8, 4) is 5.75 Å². The summed E-state index contributed by atoms with van der Waals surface area (Å²) in [5.74, 6) is 0.677. The molecule has 0 radical (unpaired) electrons. The standard InChI is InChI=1S/C21H21NO4/c23-21-9-7-17-6-8-18(12-20(17)26-21)25-15-19-14-22(10-11-24-19)13-16-4-2-1-3-5-16/h1-9,12,19H,10-11,13-15H2. The molecule has 0 aliphatic carbocycles. The summed E-state index contributed by atoms with van der Waals surface area (Å²) in [4.78, 5) is 13.7. The molecule has 0 N–H and O–H groups in total. The van der Waals surface area contributed by atoms with Crippen molar-refractivity contribution in [2.75, 3.05) is 26.3 Å². The van der Waals surface area contributed by atoms with Crippen molar-refractivity contribution in [2.45, 2.75) is 12.6 Å². The molecule has 0 amide bonds. The summed E-state index contributed by atoms with van der Waals surface area (Å²) in [5.41, 5.74) is 1.48. The summed E-state index contributed by atoms with van der Waals surface area (Å²) in [6.07, 6.45) is 0.0194. The second-order valence-electron chi connectivity index (χ2n) is 6.48. The maximum Gasteiger partial charge on any atom is 0.336 e. The zero-order valence-electron chi connectivity index (χ0n) is 14.5. The summed E-state index contributed by atoms with van der Waals surface area (Å²) in [6.45, 7) is 3.84. The number of ether oxygens (including phenoxy) is 2. The van der Waals surface area contributed by atoms with E-state index in [-0.39, 0.29) is 11.7 Å². The fourth-order valence-corrected chi connectivity index (χ4v) is 3.19. The number of benzene rings is 2. The van der Waals surface area contributed by atoms with Crippen molar-refractivity contribution in [3.63, 3.8) is 0 Å². The highest BCUT2D eigenvalue weighted by Crippen LogP contribution is 2.20. The zero-order chi connectivity index (χ0) is 17.8. The first-order valence-corrected chi connectivity index (χ1v) is 8.81. The molecule has 5 heteroatoms. The Morgan fingerprint density at radius 2 is 1.92 bits per heavy atom. The lowest BCUT2D eigenvalue weighted by Gasteiger charge is -2.32. The molecule has 26 heavy (non-hydrogen) atoms. The molecule has 0 saturated carbocycles. The van der Waals surface area contributed by atoms with Crippen LogP contribution in [0.1, 0.15) is 5.56 Å². The average molecular weight is 351 g/mol. The molecule has 5 nitrogen and oxygen atoms in total. The van der Waals surface area contributed by atoms with Crippen LogP contribution in [0.4, 0.5) is 0 Å². The topological polar surface area (TPSA) is 51.9 Å². The van der Waals surface area contributed by atoms with Gasteiger partial charge in [0.05, 0.1) is 6.61 Å². The number of rotatable bonds is 5. The number of hydrogen-bond donors (Lipinski definition) is 0. The van der Waals surface area contributed by atoms with Gasteiger partial charge in [-0.2, -0.15) is 0 Å². The van der Waals surface area contributed by atoms with Crippen molar-refractivity contribution in [1.82, 2.24) is 4.90 Å². The Hall–Kier alpha value is -2.63. The van der Waals surface area contributed by atoms with Crippen molar-refractivity contribution < 1.29 is 13.9 Å². The summed E-state index contributed by atoms with van der Waals surface area (Å²) >= 11 is 0. The molecule has 1 aliphatic heterocycles. The Morgan fingerprint density at radius 3 is 2.81 bits per heavy atom. The highest BCUT2D eigenvalue weighted by molar-refractivity contribution is 5.77. The fourth-order valence-electron chi connectivity index (χ4n) is 3.19. The molecular formula is C21H21NO4. The third kappa shape index (κ3) is 4.12. The van der Waals surface area contributed by atoms with Crippen molar-refractivity contribution in [3.05, 3.63) is 76.6 Å². The third-order valence-corrected chi connectivity index (χ3v) is 4.50. The minimum absolute atomic E-state index is 0.0194. The first-order valence-electron chi connectivity index (χ1n) is 8.81. The first-order chi connectivity index (χ1) is 12.8. The Morgan fingerprint density at radius 1 is 1.08 bits per heavy atom. The minimum atomic E-state index is -0.359. The lowest BCUT2D eigenvalue weighted by Crippen LogP contribution is -2.44. The Bertz CT molecular complexity index is 922. The van der Waals surface area contributed by atoms with E-state index in [2.05, 4.69) is 29.2 Å². The van der Waals surface area contributed by atoms with E-state index in [4.69, 9.17) is 13.9 Å². The predicted octanol–water partition coefficient (Wildman–Crippen LogP) is 3.07. The van der Waals surface area contributed by atoms with Crippen molar-refractivity contribution >= 4 is 11.0 Å². The molecule has 1 unspecified atom stereocenters. The molecule has 3 aromatic rings. The van der Waals surface area contributed by atoms with Gasteiger partial charge in [-0.3, -0.25) is 4.90 Å². The van der Waals surface area contributed by atoms with Crippen LogP contribution in [0.25, 0.3) is 11.0 Å². The molecule has 2 aromatic carbocycles. The monoisotopic (exact) mass is 351 g/mol. The van der Waals surface area contributed by atoms with Gasteiger partial charge in [0.2, 0.25) is 0 Å². The molecule has 4 rings (SSSR count). The van der Waals surface area contributed by atoms with Gasteiger partial charge in [0.15, 0.2) is 0 Å². The van der Waals surface area contributed by atoms with Crippen LogP contribution in [0.15, 0.2) is 69.9 Å². The lowest BCUT2D eigenvalue weighted by molar-refractivity contribution is -0.0504. The van der Waals surface area contributed by atoms with Gasteiger partial charge >= 0.3 is 5.63 Å². The Labute approximate surface area is 151 Å². The normalized spacial score (nSPS) is 18.1. The molecule has 0 spiro atoms. The van der Waals surface area contributed by atoms with Crippen LogP contribution >= 0.6 is 0 Å². The van der Waals surface area contributed by atoms with E-state index in [9.17, 15) is 4.79 Å². The van der Waals surface area contributed by atoms with E-state index in [1.807, 2.05) is 18.2 Å². The molecule has 0 bridgehead atoms. The number of morpholine rings is 1. The van der Waals surface area contributed by atoms with Crippen LogP contribution in [0.3, 0.4) is 0 Å². The van der Waals surface area contributed by atoms with Crippen LogP contribution in [-0.2, 0) is 11.3 Å². The van der Waals surface area contributed by atoms with E-state index in [0.717, 1.165) is 25.0 Å². The van der Waals surface area contributed by atoms with Crippen LogP contribution in [-0.4, -0.2) is 37.3 Å². The average Bonchev–Trinajstić information content (AvgIpc) is 2.67. The third-order valence-electron chi connectivity index (χ3n) is 4.50. The summed E-state index contributed by atoms with van der Waals surface area (Å²) in [6, 6.07) is 19.1. The second kappa shape index (κ2) is 7.72. The molecule has 2 heterocycles. The van der Waals surface area contributed by atoms with Crippen LogP contribution < -0.4 is 10.4 Å². The number of hydrogen-bond acceptors (Lipinski definition) is 5. The summed E-state index contributed by atoms with van der Waals surface area (Å²) in [7, 11) is 0. The van der Waals surface area contributed by atoms with Gasteiger partial charge < -0.3 is 13.9 Å². The number of nitrogens with zero attached hydrogens (tertiary/aromatic N) is 1. The van der Waals surface area contributed by atoms with Gasteiger partial charge in [-0.15, -0.1) is 0 Å². The van der Waals surface area contributed by atoms with Crippen LogP contribution in [0.2, 0.25) is 0 Å². The maximum atomic E-state index is 11.4. The lowest BCUT2D eigenvalue weighted by atomic mass is 10.2. The quantitative estimate of drug-likeness (QED) is 0.661. The second-order valence-corrected chi connectivity index (χ2v) is 6.48. The SMILES string of the molecule is O=c1ccc2ccc(OCC3CN(Cc4ccccc4)CCO3)cc2o1. The van der Waals surface area contributed by atoms with Crippen LogP contribution in [0, 0.1) is 0 Å². The smallest absolute Gasteiger partial charge is 0.336 e. The van der Waals surface area contributed by atoms with Gasteiger partial charge in [-0.1, -0.05) is 30.3 Å². The summed E-state index contributed by atoms with van der Waals surface area (Å²) in [5, 5.41) is 0.875. The Kier molecular flexibility index (Phi) is 5.00.